The second-order valence-corrected chi connectivity index (χ2v) is 16.0. The van der Waals surface area contributed by atoms with Crippen LogP contribution in [0.3, 0.4) is 0 Å². The molecule has 1 aromatic carbocycles. The lowest BCUT2D eigenvalue weighted by molar-refractivity contribution is -0.141. The zero-order valence-corrected chi connectivity index (χ0v) is 40.0. The highest BCUT2D eigenvalue weighted by molar-refractivity contribution is 7.83. The number of ether oxygens (including phenoxy) is 10. The zero-order valence-electron chi connectivity index (χ0n) is 39.2. The fourth-order valence-electron chi connectivity index (χ4n) is 6.10. The summed E-state index contributed by atoms with van der Waals surface area (Å²) >= 11 is 0. The van der Waals surface area contributed by atoms with Crippen molar-refractivity contribution in [2.24, 2.45) is 10.7 Å². The normalized spacial score (nSPS) is 14.0. The molecular weight excluding hydrogens is 897 g/mol. The van der Waals surface area contributed by atoms with Gasteiger partial charge >= 0.3 is 0 Å². The number of nitrogens with two attached hydrogens (primary N) is 1. The summed E-state index contributed by atoms with van der Waals surface area (Å²) in [4.78, 5) is 55.7. The van der Waals surface area contributed by atoms with Crippen molar-refractivity contribution < 1.29 is 70.8 Å². The number of rotatable bonds is 42. The molecule has 0 fully saturated rings. The zero-order chi connectivity index (χ0) is 48.2. The van der Waals surface area contributed by atoms with Gasteiger partial charge in [0.2, 0.25) is 11.8 Å². The van der Waals surface area contributed by atoms with Crippen LogP contribution in [-0.4, -0.2) is 208 Å². The number of fused-ring (bicyclic) bond motifs is 1. The number of amides is 4. The van der Waals surface area contributed by atoms with Crippen LogP contribution in [-0.2, 0) is 77.5 Å². The van der Waals surface area contributed by atoms with Crippen LogP contribution in [0, 0.1) is 0 Å². The molecule has 3 rings (SSSR count). The topological polar surface area (TPSA) is 247 Å². The first-order valence-corrected chi connectivity index (χ1v) is 24.1. The number of nitrogens with zero attached hydrogens (tertiary/aromatic N) is 3. The standard InChI is InChI=1S/C45H72N6O15S/c1-3-11-50(12-4-2)45(55)38-33-37-5-6-39(35-40(37)49-41(46)34-38)67(56)48-10-14-58-16-18-60-20-22-62-24-26-64-28-30-66-32-31-65-29-27-63-25-23-61-21-19-59-17-15-57-13-9-47-42(52)36-51-43(53)7-8-44(51)54/h5-8,33,35,48H,3-4,9-32,34,36H2,1-2H3,(H2,46,49)(H,47,52). The predicted molar refractivity (Wildman–Crippen MR) is 249 cm³/mol. The average Bonchev–Trinajstić information content (AvgIpc) is 3.52. The minimum atomic E-state index is -1.48. The lowest BCUT2D eigenvalue weighted by Crippen LogP contribution is -2.41. The maximum absolute atomic E-state index is 13.2. The first kappa shape index (κ1) is 57.3. The molecule has 0 bridgehead atoms. The third-order valence-corrected chi connectivity index (χ3v) is 10.5. The lowest BCUT2D eigenvalue weighted by atomic mass is 10.1. The Kier molecular flexibility index (Phi) is 31.6. The minimum Gasteiger partial charge on any atom is -0.387 e. The number of aliphatic imine (C=N–C) groups is 1. The smallest absolute Gasteiger partial charge is 0.254 e. The van der Waals surface area contributed by atoms with E-state index in [1.165, 1.54) is 0 Å². The summed E-state index contributed by atoms with van der Waals surface area (Å²) in [5.41, 5.74) is 8.13. The van der Waals surface area contributed by atoms with Gasteiger partial charge in [0, 0.05) is 55.9 Å². The molecule has 67 heavy (non-hydrogen) atoms. The third-order valence-electron chi connectivity index (χ3n) is 9.33. The Labute approximate surface area is 396 Å². The molecule has 22 heteroatoms. The lowest BCUT2D eigenvalue weighted by Gasteiger charge is -2.22. The summed E-state index contributed by atoms with van der Waals surface area (Å²) in [5.74, 6) is -1.11. The van der Waals surface area contributed by atoms with Crippen molar-refractivity contribution >= 4 is 52.2 Å². The molecule has 0 aliphatic carbocycles. The molecule has 0 spiro atoms. The van der Waals surface area contributed by atoms with Gasteiger partial charge < -0.3 is 63.3 Å². The van der Waals surface area contributed by atoms with Crippen LogP contribution in [0.5, 0.6) is 0 Å². The van der Waals surface area contributed by atoms with Gasteiger partial charge in [-0.1, -0.05) is 19.9 Å². The van der Waals surface area contributed by atoms with Crippen molar-refractivity contribution in [1.29, 1.82) is 0 Å². The molecule has 2 heterocycles. The summed E-state index contributed by atoms with van der Waals surface area (Å²) in [6.45, 7) is 14.1. The van der Waals surface area contributed by atoms with Gasteiger partial charge in [-0.3, -0.25) is 24.1 Å². The van der Waals surface area contributed by atoms with Crippen LogP contribution in [0.15, 0.2) is 45.8 Å². The second-order valence-electron chi connectivity index (χ2n) is 14.7. The largest absolute Gasteiger partial charge is 0.387 e. The summed E-state index contributed by atoms with van der Waals surface area (Å²) in [6.07, 6.45) is 6.12. The molecule has 378 valence electrons. The van der Waals surface area contributed by atoms with Gasteiger partial charge in [0.15, 0.2) is 0 Å². The van der Waals surface area contributed by atoms with Crippen molar-refractivity contribution in [1.82, 2.24) is 19.8 Å². The number of amidine groups is 1. The average molecular weight is 969 g/mol. The van der Waals surface area contributed by atoms with E-state index >= 15 is 0 Å². The Balaban J connectivity index is 0.998. The predicted octanol–water partition coefficient (Wildman–Crippen LogP) is 0.930. The van der Waals surface area contributed by atoms with E-state index < -0.39 is 28.7 Å². The molecule has 4 N–H and O–H groups in total. The van der Waals surface area contributed by atoms with Crippen molar-refractivity contribution in [2.75, 3.05) is 165 Å². The van der Waals surface area contributed by atoms with E-state index in [1.54, 1.807) is 12.1 Å². The van der Waals surface area contributed by atoms with Crippen LogP contribution < -0.4 is 15.8 Å². The first-order chi connectivity index (χ1) is 32.7. The highest BCUT2D eigenvalue weighted by Crippen LogP contribution is 2.29. The monoisotopic (exact) mass is 968 g/mol. The van der Waals surface area contributed by atoms with Gasteiger partial charge in [-0.25, -0.2) is 13.9 Å². The molecule has 1 aromatic rings. The highest BCUT2D eigenvalue weighted by atomic mass is 32.2. The number of nitrogens with one attached hydrogen (secondary N) is 2. The van der Waals surface area contributed by atoms with Gasteiger partial charge in [0.05, 0.1) is 143 Å². The Morgan fingerprint density at radius 3 is 1.51 bits per heavy atom. The van der Waals surface area contributed by atoms with Crippen LogP contribution >= 0.6 is 0 Å². The molecule has 2 aliphatic heterocycles. The third kappa shape index (κ3) is 25.8. The van der Waals surface area contributed by atoms with Gasteiger partial charge in [0.25, 0.3) is 11.8 Å². The van der Waals surface area contributed by atoms with Gasteiger partial charge in [-0.2, -0.15) is 0 Å². The molecule has 1 atom stereocenters. The number of carbonyl (C=O) groups excluding carboxylic acids is 4. The SMILES string of the molecule is CCCN(CCC)C(=O)C1=Cc2ccc(S(=O)NCCOCCOCCOCCOCCOCCOCCOCCOCCOCCOCCNC(=O)CN3C(=O)C=CC3=O)cc2N=C(N)C1. The maximum atomic E-state index is 13.2. The number of carbonyl (C=O) groups is 4. The number of imide groups is 1. The van der Waals surface area contributed by atoms with E-state index in [0.717, 1.165) is 35.5 Å². The first-order valence-electron chi connectivity index (χ1n) is 22.9. The summed E-state index contributed by atoms with van der Waals surface area (Å²) in [6, 6.07) is 5.32. The van der Waals surface area contributed by atoms with Crippen molar-refractivity contribution in [2.45, 2.75) is 38.0 Å². The molecule has 0 saturated heterocycles. The molecule has 4 amide bonds. The summed E-state index contributed by atoms with van der Waals surface area (Å²) in [7, 11) is -1.48. The van der Waals surface area contributed by atoms with Gasteiger partial charge in [0.1, 0.15) is 23.4 Å². The Morgan fingerprint density at radius 1 is 0.657 bits per heavy atom. The minimum absolute atomic E-state index is 0.0266. The number of hydrogen-bond acceptors (Lipinski definition) is 17. The number of hydrogen-bond donors (Lipinski definition) is 3. The molecular formula is C45H72N6O15S. The summed E-state index contributed by atoms with van der Waals surface area (Å²) < 4.78 is 70.8. The van der Waals surface area contributed by atoms with E-state index in [2.05, 4.69) is 28.9 Å². The molecule has 1 unspecified atom stereocenters. The van der Waals surface area contributed by atoms with Crippen LogP contribution in [0.1, 0.15) is 38.7 Å². The van der Waals surface area contributed by atoms with E-state index in [4.69, 9.17) is 53.1 Å². The number of benzene rings is 1. The second kappa shape index (κ2) is 36.9. The maximum Gasteiger partial charge on any atom is 0.254 e. The molecule has 2 aliphatic rings. The van der Waals surface area contributed by atoms with E-state index in [9.17, 15) is 23.4 Å². The van der Waals surface area contributed by atoms with Gasteiger partial charge in [-0.15, -0.1) is 0 Å². The van der Waals surface area contributed by atoms with Crippen molar-refractivity contribution in [3.63, 3.8) is 0 Å². The molecule has 0 radical (unpaired) electrons. The van der Waals surface area contributed by atoms with E-state index in [1.807, 2.05) is 17.0 Å². The highest BCUT2D eigenvalue weighted by Gasteiger charge is 2.25. The van der Waals surface area contributed by atoms with Gasteiger partial charge in [-0.05, 0) is 31.1 Å². The summed E-state index contributed by atoms with van der Waals surface area (Å²) in [5, 5.41) is 2.59. The van der Waals surface area contributed by atoms with E-state index in [0.29, 0.717) is 167 Å². The Hall–Kier alpha value is -4.04. The molecule has 0 saturated carbocycles. The quantitative estimate of drug-likeness (QED) is 0.0610. The Morgan fingerprint density at radius 2 is 1.07 bits per heavy atom. The molecule has 0 aromatic heterocycles. The van der Waals surface area contributed by atoms with Crippen molar-refractivity contribution in [3.05, 3.63) is 41.5 Å². The van der Waals surface area contributed by atoms with Crippen molar-refractivity contribution in [3.8, 4) is 0 Å². The van der Waals surface area contributed by atoms with Crippen LogP contribution in [0.2, 0.25) is 0 Å². The fourth-order valence-corrected chi connectivity index (χ4v) is 6.95. The Bertz CT molecular complexity index is 1690. The van der Waals surface area contributed by atoms with Crippen LogP contribution in [0.25, 0.3) is 6.08 Å². The van der Waals surface area contributed by atoms with Crippen LogP contribution in [0.4, 0.5) is 5.69 Å². The van der Waals surface area contributed by atoms with E-state index in [-0.39, 0.29) is 32.0 Å². The fraction of sp³-hybridized carbons (Fsp3) is 0.667. The molecule has 21 nitrogen and oxygen atoms in total.